The van der Waals surface area contributed by atoms with Crippen molar-refractivity contribution in [1.82, 2.24) is 15.3 Å². The number of rotatable bonds is 2. The van der Waals surface area contributed by atoms with Gasteiger partial charge >= 0.3 is 0 Å². The summed E-state index contributed by atoms with van der Waals surface area (Å²) in [7, 11) is 0. The van der Waals surface area contributed by atoms with E-state index < -0.39 is 0 Å². The predicted octanol–water partition coefficient (Wildman–Crippen LogP) is 1.34. The van der Waals surface area contributed by atoms with E-state index in [1.54, 1.807) is 18.5 Å². The molecule has 3 rings (SSSR count). The molecule has 5 heteroatoms. The van der Waals surface area contributed by atoms with Crippen molar-refractivity contribution >= 4 is 11.9 Å². The quantitative estimate of drug-likeness (QED) is 0.826. The zero-order chi connectivity index (χ0) is 12.4. The molecule has 96 valence electrons. The summed E-state index contributed by atoms with van der Waals surface area (Å²) < 4.78 is 0. The molecule has 2 heterocycles. The molecular weight excluding hydrogens is 228 g/mol. The largest absolute Gasteiger partial charge is 0.303 e. The molecule has 3 atom stereocenters. The molecule has 0 aromatic carbocycles. The number of amides is 1. The van der Waals surface area contributed by atoms with Crippen molar-refractivity contribution in [2.75, 3.05) is 5.32 Å². The Morgan fingerprint density at radius 2 is 2.06 bits per heavy atom. The van der Waals surface area contributed by atoms with E-state index in [1.165, 1.54) is 25.7 Å². The van der Waals surface area contributed by atoms with Crippen LogP contribution in [0, 0.1) is 5.92 Å². The normalized spacial score (nSPS) is 30.8. The summed E-state index contributed by atoms with van der Waals surface area (Å²) in [5, 5.41) is 6.22. The molecule has 3 unspecified atom stereocenters. The van der Waals surface area contributed by atoms with Crippen LogP contribution in [0.4, 0.5) is 5.95 Å². The lowest BCUT2D eigenvalue weighted by molar-refractivity contribution is -0.117. The number of carbonyl (C=O) groups excluding carboxylic acids is 1. The van der Waals surface area contributed by atoms with Gasteiger partial charge in [0, 0.05) is 18.4 Å². The van der Waals surface area contributed by atoms with Gasteiger partial charge in [0.2, 0.25) is 11.9 Å². The van der Waals surface area contributed by atoms with Gasteiger partial charge in [0.1, 0.15) is 0 Å². The Labute approximate surface area is 106 Å². The minimum atomic E-state index is -0.0816. The Bertz CT molecular complexity index is 408. The fourth-order valence-electron chi connectivity index (χ4n) is 3.08. The molecule has 2 N–H and O–H groups in total. The van der Waals surface area contributed by atoms with E-state index in [1.807, 2.05) is 0 Å². The minimum absolute atomic E-state index is 0.00407. The Balaban J connectivity index is 1.60. The smallest absolute Gasteiger partial charge is 0.243 e. The van der Waals surface area contributed by atoms with Gasteiger partial charge in [-0.2, -0.15) is 0 Å². The summed E-state index contributed by atoms with van der Waals surface area (Å²) in [5.41, 5.74) is 0. The molecule has 2 fully saturated rings. The molecule has 1 aliphatic heterocycles. The van der Waals surface area contributed by atoms with Gasteiger partial charge in [-0.25, -0.2) is 9.97 Å². The highest BCUT2D eigenvalue weighted by Gasteiger charge is 2.38. The molecule has 18 heavy (non-hydrogen) atoms. The van der Waals surface area contributed by atoms with Crippen LogP contribution < -0.4 is 10.6 Å². The lowest BCUT2D eigenvalue weighted by Crippen LogP contribution is -2.40. The monoisotopic (exact) mass is 246 g/mol. The molecule has 0 spiro atoms. The number of nitrogens with zero attached hydrogens (tertiary/aromatic N) is 2. The summed E-state index contributed by atoms with van der Waals surface area (Å²) in [4.78, 5) is 20.1. The second kappa shape index (κ2) is 5.02. The van der Waals surface area contributed by atoms with E-state index in [0.717, 1.165) is 6.42 Å². The van der Waals surface area contributed by atoms with Crippen LogP contribution in [0.3, 0.4) is 0 Å². The van der Waals surface area contributed by atoms with Crippen LogP contribution in [0.1, 0.15) is 32.1 Å². The summed E-state index contributed by atoms with van der Waals surface area (Å²) in [5.74, 6) is 1.06. The van der Waals surface area contributed by atoms with Crippen molar-refractivity contribution in [1.29, 1.82) is 0 Å². The Kier molecular flexibility index (Phi) is 3.23. The molecule has 1 saturated carbocycles. The zero-order valence-electron chi connectivity index (χ0n) is 10.3. The lowest BCUT2D eigenvalue weighted by atomic mass is 9.85. The number of hydrogen-bond donors (Lipinski definition) is 2. The van der Waals surface area contributed by atoms with Gasteiger partial charge in [0.15, 0.2) is 0 Å². The molecule has 2 aliphatic rings. The zero-order valence-corrected chi connectivity index (χ0v) is 10.3. The average molecular weight is 246 g/mol. The van der Waals surface area contributed by atoms with E-state index in [9.17, 15) is 4.79 Å². The third kappa shape index (κ3) is 2.36. The van der Waals surface area contributed by atoms with Crippen LogP contribution in [0.5, 0.6) is 0 Å². The highest BCUT2D eigenvalue weighted by atomic mass is 16.2. The molecule has 1 aromatic heterocycles. The van der Waals surface area contributed by atoms with Crippen molar-refractivity contribution in [2.45, 2.75) is 44.2 Å². The highest BCUT2D eigenvalue weighted by molar-refractivity contribution is 5.93. The molecule has 1 aromatic rings. The Morgan fingerprint density at radius 3 is 2.83 bits per heavy atom. The van der Waals surface area contributed by atoms with Gasteiger partial charge in [-0.3, -0.25) is 10.1 Å². The third-order valence-corrected chi connectivity index (χ3v) is 3.98. The minimum Gasteiger partial charge on any atom is -0.303 e. The highest BCUT2D eigenvalue weighted by Crippen LogP contribution is 2.33. The van der Waals surface area contributed by atoms with Crippen LogP contribution in [-0.2, 0) is 4.79 Å². The first-order chi connectivity index (χ1) is 8.83. The van der Waals surface area contributed by atoms with Crippen LogP contribution in [0.2, 0.25) is 0 Å². The summed E-state index contributed by atoms with van der Waals surface area (Å²) in [6, 6.07) is 2.19. The molecule has 1 saturated heterocycles. The molecule has 1 amide bonds. The first kappa shape index (κ1) is 11.6. The van der Waals surface area contributed by atoms with Crippen molar-refractivity contribution in [3.8, 4) is 0 Å². The average Bonchev–Trinajstić information content (AvgIpc) is 2.84. The van der Waals surface area contributed by atoms with Gasteiger partial charge in [-0.15, -0.1) is 0 Å². The van der Waals surface area contributed by atoms with Gasteiger partial charge in [-0.1, -0.05) is 12.8 Å². The van der Waals surface area contributed by atoms with E-state index in [4.69, 9.17) is 0 Å². The second-order valence-corrected chi connectivity index (χ2v) is 5.17. The van der Waals surface area contributed by atoms with Crippen molar-refractivity contribution in [3.63, 3.8) is 0 Å². The van der Waals surface area contributed by atoms with Gasteiger partial charge < -0.3 is 5.32 Å². The molecule has 0 bridgehead atoms. The molecule has 1 aliphatic carbocycles. The van der Waals surface area contributed by atoms with Crippen LogP contribution in [0.15, 0.2) is 18.5 Å². The number of nitrogens with one attached hydrogen (secondary N) is 2. The number of hydrogen-bond acceptors (Lipinski definition) is 4. The summed E-state index contributed by atoms with van der Waals surface area (Å²) in [6.45, 7) is 0. The topological polar surface area (TPSA) is 66.9 Å². The lowest BCUT2D eigenvalue weighted by Gasteiger charge is -2.24. The second-order valence-electron chi connectivity index (χ2n) is 5.17. The predicted molar refractivity (Wildman–Crippen MR) is 67.9 cm³/mol. The maximum absolute atomic E-state index is 12.1. The first-order valence-electron chi connectivity index (χ1n) is 6.67. The van der Waals surface area contributed by atoms with Gasteiger partial charge in [0.05, 0.1) is 6.04 Å². The van der Waals surface area contributed by atoms with E-state index >= 15 is 0 Å². The standard InChI is InChI=1S/C13H18N4O/c18-12(17-13-14-6-3-7-15-13)11-8-9-4-1-2-5-10(9)16-11/h3,6-7,9-11,16H,1-2,4-5,8H2,(H,14,15,17,18). The maximum atomic E-state index is 12.1. The van der Waals surface area contributed by atoms with Crippen LogP contribution in [-0.4, -0.2) is 28.0 Å². The number of aromatic nitrogens is 2. The van der Waals surface area contributed by atoms with E-state index in [2.05, 4.69) is 20.6 Å². The van der Waals surface area contributed by atoms with Crippen LogP contribution >= 0.6 is 0 Å². The van der Waals surface area contributed by atoms with Crippen molar-refractivity contribution in [3.05, 3.63) is 18.5 Å². The number of fused-ring (bicyclic) bond motifs is 1. The fraction of sp³-hybridized carbons (Fsp3) is 0.615. The molecule has 5 nitrogen and oxygen atoms in total. The fourth-order valence-corrected chi connectivity index (χ4v) is 3.08. The first-order valence-corrected chi connectivity index (χ1v) is 6.67. The summed E-state index contributed by atoms with van der Waals surface area (Å²) in [6.07, 6.45) is 9.25. The van der Waals surface area contributed by atoms with E-state index in [-0.39, 0.29) is 11.9 Å². The van der Waals surface area contributed by atoms with Crippen molar-refractivity contribution < 1.29 is 4.79 Å². The Morgan fingerprint density at radius 1 is 1.28 bits per heavy atom. The van der Waals surface area contributed by atoms with Crippen molar-refractivity contribution in [2.24, 2.45) is 5.92 Å². The SMILES string of the molecule is O=C(Nc1ncccn1)C1CC2CCCCC2N1. The third-order valence-electron chi connectivity index (χ3n) is 3.98. The van der Waals surface area contributed by atoms with Gasteiger partial charge in [0.25, 0.3) is 0 Å². The number of carbonyl (C=O) groups is 1. The molecular formula is C13H18N4O. The molecule has 0 radical (unpaired) electrons. The summed E-state index contributed by atoms with van der Waals surface area (Å²) >= 11 is 0. The maximum Gasteiger partial charge on any atom is 0.243 e. The number of anilines is 1. The van der Waals surface area contributed by atoms with E-state index in [0.29, 0.717) is 17.9 Å². The van der Waals surface area contributed by atoms with Gasteiger partial charge in [-0.05, 0) is 31.2 Å². The Hall–Kier alpha value is -1.49. The van der Waals surface area contributed by atoms with Crippen LogP contribution in [0.25, 0.3) is 0 Å².